The van der Waals surface area contributed by atoms with Gasteiger partial charge >= 0.3 is 11.9 Å². The van der Waals surface area contributed by atoms with E-state index in [0.717, 1.165) is 64.2 Å². The van der Waals surface area contributed by atoms with Crippen LogP contribution < -0.4 is 0 Å². The van der Waals surface area contributed by atoms with Crippen molar-refractivity contribution in [2.24, 2.45) is 28.6 Å². The van der Waals surface area contributed by atoms with E-state index in [1.54, 1.807) is 0 Å². The van der Waals surface area contributed by atoms with Crippen molar-refractivity contribution in [3.05, 3.63) is 11.6 Å². The van der Waals surface area contributed by atoms with Crippen molar-refractivity contribution < 1.29 is 23.9 Å². The van der Waals surface area contributed by atoms with Gasteiger partial charge in [0.1, 0.15) is 18.0 Å². The first-order valence-corrected chi connectivity index (χ1v) is 13.3. The molecule has 0 aromatic heterocycles. The second kappa shape index (κ2) is 9.54. The summed E-state index contributed by atoms with van der Waals surface area (Å²) in [7, 11) is 0. The van der Waals surface area contributed by atoms with Gasteiger partial charge in [0, 0.05) is 37.5 Å². The molecule has 0 radical (unpaired) electrons. The molecule has 3 fully saturated rings. The van der Waals surface area contributed by atoms with Gasteiger partial charge in [0.05, 0.1) is 0 Å². The van der Waals surface area contributed by atoms with Gasteiger partial charge in [-0.2, -0.15) is 0 Å². The molecule has 0 bridgehead atoms. The highest BCUT2D eigenvalue weighted by molar-refractivity contribution is 5.87. The van der Waals surface area contributed by atoms with E-state index >= 15 is 0 Å². The average Bonchev–Trinajstić information content (AvgIpc) is 3.06. The summed E-state index contributed by atoms with van der Waals surface area (Å²) in [6.07, 6.45) is 12.6. The average molecular weight is 459 g/mol. The fourth-order valence-electron chi connectivity index (χ4n) is 7.72. The molecule has 0 saturated heterocycles. The van der Waals surface area contributed by atoms with Gasteiger partial charge in [-0.15, -0.1) is 0 Å². The normalized spacial score (nSPS) is 39.7. The van der Waals surface area contributed by atoms with Crippen molar-refractivity contribution >= 4 is 17.7 Å². The molecule has 5 nitrogen and oxygen atoms in total. The van der Waals surface area contributed by atoms with E-state index in [0.29, 0.717) is 24.5 Å². The minimum atomic E-state index is -0.275. The van der Waals surface area contributed by atoms with E-state index in [2.05, 4.69) is 26.8 Å². The summed E-state index contributed by atoms with van der Waals surface area (Å²) >= 11 is 0. The molecule has 4 unspecified atom stereocenters. The van der Waals surface area contributed by atoms with E-state index in [1.165, 1.54) is 12.5 Å². The highest BCUT2D eigenvalue weighted by Gasteiger charge is 2.61. The molecular formula is C28H42O5. The number of Topliss-reactive ketones (excluding diaryl/α,β-unsaturated/α-hetero) is 1. The molecule has 0 heterocycles. The summed E-state index contributed by atoms with van der Waals surface area (Å²) in [6, 6.07) is 0. The Morgan fingerprint density at radius 1 is 1.00 bits per heavy atom. The zero-order valence-corrected chi connectivity index (χ0v) is 21.0. The number of esters is 2. The summed E-state index contributed by atoms with van der Waals surface area (Å²) < 4.78 is 11.8. The van der Waals surface area contributed by atoms with Gasteiger partial charge in [0.25, 0.3) is 0 Å². The number of rotatable bonds is 7. The topological polar surface area (TPSA) is 69.7 Å². The molecule has 7 atom stereocenters. The van der Waals surface area contributed by atoms with E-state index in [4.69, 9.17) is 9.47 Å². The fraction of sp³-hybridized carbons (Fsp3) is 0.821. The first kappa shape index (κ1) is 24.5. The number of ketones is 1. The molecule has 5 heteroatoms. The predicted molar refractivity (Wildman–Crippen MR) is 126 cm³/mol. The fourth-order valence-corrected chi connectivity index (χ4v) is 7.72. The van der Waals surface area contributed by atoms with E-state index in [-0.39, 0.29) is 46.8 Å². The zero-order chi connectivity index (χ0) is 23.8. The Bertz CT molecular complexity index is 815. The molecule has 33 heavy (non-hydrogen) atoms. The van der Waals surface area contributed by atoms with Gasteiger partial charge in [-0.25, -0.2) is 0 Å². The van der Waals surface area contributed by atoms with Crippen LogP contribution in [0.1, 0.15) is 105 Å². The van der Waals surface area contributed by atoms with Gasteiger partial charge in [0.2, 0.25) is 0 Å². The molecule has 184 valence electrons. The molecular weight excluding hydrogens is 416 g/mol. The van der Waals surface area contributed by atoms with E-state index in [1.807, 2.05) is 0 Å². The van der Waals surface area contributed by atoms with Crippen molar-refractivity contribution in [1.82, 2.24) is 0 Å². The van der Waals surface area contributed by atoms with Gasteiger partial charge in [-0.3, -0.25) is 14.4 Å². The van der Waals surface area contributed by atoms with Crippen LogP contribution in [-0.4, -0.2) is 29.9 Å². The molecule has 0 aromatic carbocycles. The lowest BCUT2D eigenvalue weighted by Crippen LogP contribution is -2.55. The van der Waals surface area contributed by atoms with Crippen LogP contribution in [0.4, 0.5) is 0 Å². The third kappa shape index (κ3) is 4.53. The molecule has 4 aliphatic rings. The third-order valence-electron chi connectivity index (χ3n) is 9.61. The second-order valence-corrected chi connectivity index (χ2v) is 11.6. The minimum absolute atomic E-state index is 0.0261. The standard InChI is InChI=1S/C28H42O5/c1-5-6-7-8-9-25(31)33-23-17-19-16-20(32-18(2)29)12-14-27(19,3)22-13-15-28(4)21(26(22)23)10-11-24(28)30/h17,20-23,26H,5-16H2,1-4H3/t20-,21?,22?,23?,26?,27-,28-/m0/s1. The minimum Gasteiger partial charge on any atom is -0.462 e. The number of unbranched alkanes of at least 4 members (excludes halogenated alkanes) is 3. The van der Waals surface area contributed by atoms with Gasteiger partial charge in [0.15, 0.2) is 0 Å². The maximum Gasteiger partial charge on any atom is 0.306 e. The molecule has 4 rings (SSSR count). The largest absolute Gasteiger partial charge is 0.462 e. The van der Waals surface area contributed by atoms with Crippen molar-refractivity contribution in [3.63, 3.8) is 0 Å². The van der Waals surface area contributed by atoms with Crippen molar-refractivity contribution in [2.75, 3.05) is 0 Å². The third-order valence-corrected chi connectivity index (χ3v) is 9.61. The smallest absolute Gasteiger partial charge is 0.306 e. The number of hydrogen-bond donors (Lipinski definition) is 0. The number of carbonyl (C=O) groups excluding carboxylic acids is 3. The van der Waals surface area contributed by atoms with Crippen LogP contribution in [0.15, 0.2) is 11.6 Å². The van der Waals surface area contributed by atoms with E-state index < -0.39 is 0 Å². The highest BCUT2D eigenvalue weighted by Crippen LogP contribution is 2.64. The Morgan fingerprint density at radius 2 is 1.73 bits per heavy atom. The maximum atomic E-state index is 12.9. The van der Waals surface area contributed by atoms with Crippen LogP contribution in [0.25, 0.3) is 0 Å². The Balaban J connectivity index is 1.61. The van der Waals surface area contributed by atoms with Crippen molar-refractivity contribution in [1.29, 1.82) is 0 Å². The lowest BCUT2D eigenvalue weighted by atomic mass is 9.47. The lowest BCUT2D eigenvalue weighted by Gasteiger charge is -2.58. The summed E-state index contributed by atoms with van der Waals surface area (Å²) in [6.45, 7) is 8.16. The molecule has 3 saturated carbocycles. The summed E-state index contributed by atoms with van der Waals surface area (Å²) in [5, 5.41) is 0. The predicted octanol–water partition coefficient (Wildman–Crippen LogP) is 5.94. The summed E-state index contributed by atoms with van der Waals surface area (Å²) in [5.41, 5.74) is 1.04. The Labute approximate surface area is 199 Å². The van der Waals surface area contributed by atoms with Crippen LogP contribution in [0.3, 0.4) is 0 Å². The summed E-state index contributed by atoms with van der Waals surface area (Å²) in [4.78, 5) is 37.3. The van der Waals surface area contributed by atoms with Crippen LogP contribution >= 0.6 is 0 Å². The Kier molecular flexibility index (Phi) is 7.08. The Hall–Kier alpha value is -1.65. The van der Waals surface area contributed by atoms with Crippen LogP contribution in [0, 0.1) is 28.6 Å². The quantitative estimate of drug-likeness (QED) is 0.268. The number of hydrogen-bond acceptors (Lipinski definition) is 5. The first-order chi connectivity index (χ1) is 15.7. The monoisotopic (exact) mass is 458 g/mol. The van der Waals surface area contributed by atoms with Crippen LogP contribution in [-0.2, 0) is 23.9 Å². The Morgan fingerprint density at radius 3 is 2.45 bits per heavy atom. The van der Waals surface area contributed by atoms with Crippen LogP contribution in [0.2, 0.25) is 0 Å². The van der Waals surface area contributed by atoms with Gasteiger partial charge < -0.3 is 9.47 Å². The molecule has 4 aliphatic carbocycles. The number of carbonyl (C=O) groups is 3. The van der Waals surface area contributed by atoms with Gasteiger partial charge in [-0.1, -0.05) is 45.6 Å². The second-order valence-electron chi connectivity index (χ2n) is 11.6. The van der Waals surface area contributed by atoms with E-state index in [9.17, 15) is 14.4 Å². The summed E-state index contributed by atoms with van der Waals surface area (Å²) in [5.74, 6) is 0.938. The molecule has 0 aromatic rings. The number of ether oxygens (including phenoxy) is 2. The molecule has 0 spiro atoms. The SMILES string of the molecule is CCCCCCC(=O)OC1C=C2C[C@@H](OC(C)=O)CC[C@]2(C)C2CC[C@]3(C)C(=O)CCC3C12. The van der Waals surface area contributed by atoms with Crippen molar-refractivity contribution in [2.45, 2.75) is 117 Å². The molecule has 0 amide bonds. The highest BCUT2D eigenvalue weighted by atomic mass is 16.5. The lowest BCUT2D eigenvalue weighted by molar-refractivity contribution is -0.161. The van der Waals surface area contributed by atoms with Crippen LogP contribution in [0.5, 0.6) is 0 Å². The zero-order valence-electron chi connectivity index (χ0n) is 21.0. The number of fused-ring (bicyclic) bond motifs is 5. The molecule has 0 N–H and O–H groups in total. The first-order valence-electron chi connectivity index (χ1n) is 13.3. The van der Waals surface area contributed by atoms with Crippen molar-refractivity contribution in [3.8, 4) is 0 Å². The molecule has 0 aliphatic heterocycles. The van der Waals surface area contributed by atoms with Gasteiger partial charge in [-0.05, 0) is 61.9 Å². The maximum absolute atomic E-state index is 12.9.